The van der Waals surface area contributed by atoms with Gasteiger partial charge in [-0.3, -0.25) is 4.99 Å². The minimum Gasteiger partial charge on any atom is -0.257 e. The summed E-state index contributed by atoms with van der Waals surface area (Å²) in [5.74, 6) is 0.838. The van der Waals surface area contributed by atoms with Crippen LogP contribution in [-0.4, -0.2) is 5.71 Å². The molecule has 1 aromatic carbocycles. The topological polar surface area (TPSA) is 12.4 Å². The summed E-state index contributed by atoms with van der Waals surface area (Å²) in [5, 5.41) is 0. The van der Waals surface area contributed by atoms with Gasteiger partial charge in [0.25, 0.3) is 0 Å². The van der Waals surface area contributed by atoms with Crippen LogP contribution in [0.3, 0.4) is 0 Å². The molecule has 1 nitrogen and oxygen atoms in total. The Hall–Kier alpha value is -1.11. The van der Waals surface area contributed by atoms with Crippen molar-refractivity contribution in [2.24, 2.45) is 21.7 Å². The molecule has 3 rings (SSSR count). The fourth-order valence-corrected chi connectivity index (χ4v) is 4.16. The lowest BCUT2D eigenvalue weighted by Gasteiger charge is -2.34. The zero-order chi connectivity index (χ0) is 13.7. The number of hydrogen-bond acceptors (Lipinski definition) is 1. The van der Waals surface area contributed by atoms with Gasteiger partial charge < -0.3 is 0 Å². The summed E-state index contributed by atoms with van der Waals surface area (Å²) < 4.78 is 0. The number of aryl methyl sites for hydroxylation is 1. The van der Waals surface area contributed by atoms with E-state index in [4.69, 9.17) is 4.99 Å². The van der Waals surface area contributed by atoms with Gasteiger partial charge >= 0.3 is 0 Å². The van der Waals surface area contributed by atoms with Gasteiger partial charge in [-0.1, -0.05) is 45.9 Å². The van der Waals surface area contributed by atoms with Crippen LogP contribution in [0.1, 0.15) is 52.5 Å². The molecule has 0 radical (unpaired) electrons. The molecule has 102 valence electrons. The Morgan fingerprint density at radius 2 is 1.95 bits per heavy atom. The molecule has 0 saturated heterocycles. The standard InChI is InChI=1S/C18H25N/c1-5-13-8-6-7-9-15(13)19-16-12-14-10-11-18(16,4)17(14,2)3/h6-9,14H,5,10-12H2,1-4H3/t14?,18-/m0/s1. The van der Waals surface area contributed by atoms with Gasteiger partial charge in [0.2, 0.25) is 0 Å². The van der Waals surface area contributed by atoms with Crippen molar-refractivity contribution < 1.29 is 0 Å². The average Bonchev–Trinajstić information content (AvgIpc) is 2.72. The Labute approximate surface area is 117 Å². The van der Waals surface area contributed by atoms with Crippen LogP contribution in [0.15, 0.2) is 29.3 Å². The molecule has 0 spiro atoms. The van der Waals surface area contributed by atoms with Crippen LogP contribution in [-0.2, 0) is 6.42 Å². The van der Waals surface area contributed by atoms with Gasteiger partial charge in [-0.25, -0.2) is 0 Å². The summed E-state index contributed by atoms with van der Waals surface area (Å²) in [6.45, 7) is 9.54. The maximum absolute atomic E-state index is 5.10. The molecule has 2 fully saturated rings. The van der Waals surface area contributed by atoms with E-state index in [-0.39, 0.29) is 0 Å². The predicted octanol–water partition coefficient (Wildman–Crippen LogP) is 5.17. The van der Waals surface area contributed by atoms with E-state index in [1.165, 1.54) is 36.2 Å². The first-order valence-electron chi connectivity index (χ1n) is 7.65. The number of para-hydroxylation sites is 1. The van der Waals surface area contributed by atoms with Crippen molar-refractivity contribution in [1.29, 1.82) is 0 Å². The van der Waals surface area contributed by atoms with Crippen LogP contribution in [0.25, 0.3) is 0 Å². The van der Waals surface area contributed by atoms with E-state index < -0.39 is 0 Å². The molecule has 2 saturated carbocycles. The Balaban J connectivity index is 2.02. The van der Waals surface area contributed by atoms with Crippen molar-refractivity contribution in [3.8, 4) is 0 Å². The Morgan fingerprint density at radius 1 is 1.21 bits per heavy atom. The lowest BCUT2D eigenvalue weighted by atomic mass is 9.70. The second-order valence-corrected chi connectivity index (χ2v) is 7.03. The number of nitrogens with zero attached hydrogens (tertiary/aromatic N) is 1. The van der Waals surface area contributed by atoms with Gasteiger partial charge in [-0.2, -0.15) is 0 Å². The Bertz CT molecular complexity index is 526. The molecule has 2 atom stereocenters. The first kappa shape index (κ1) is 12.9. The van der Waals surface area contributed by atoms with E-state index in [1.54, 1.807) is 0 Å². The summed E-state index contributed by atoms with van der Waals surface area (Å²) >= 11 is 0. The summed E-state index contributed by atoms with van der Waals surface area (Å²) in [6.07, 6.45) is 4.98. The van der Waals surface area contributed by atoms with Crippen molar-refractivity contribution in [2.75, 3.05) is 0 Å². The van der Waals surface area contributed by atoms with E-state index >= 15 is 0 Å². The van der Waals surface area contributed by atoms with Crippen LogP contribution in [0.4, 0.5) is 5.69 Å². The molecule has 2 aliphatic carbocycles. The minimum atomic E-state index is 0.318. The molecular weight excluding hydrogens is 230 g/mol. The second-order valence-electron chi connectivity index (χ2n) is 7.03. The van der Waals surface area contributed by atoms with Crippen molar-refractivity contribution >= 4 is 11.4 Å². The minimum absolute atomic E-state index is 0.318. The zero-order valence-electron chi connectivity index (χ0n) is 12.7. The van der Waals surface area contributed by atoms with Gasteiger partial charge in [-0.05, 0) is 48.6 Å². The first-order chi connectivity index (χ1) is 8.99. The SMILES string of the molecule is CCc1ccccc1N=C1CC2CC[C@]1(C)C2(C)C. The molecule has 0 amide bonds. The zero-order valence-corrected chi connectivity index (χ0v) is 12.7. The normalized spacial score (nSPS) is 34.1. The third-order valence-electron chi connectivity index (χ3n) is 6.14. The van der Waals surface area contributed by atoms with Crippen molar-refractivity contribution in [3.63, 3.8) is 0 Å². The van der Waals surface area contributed by atoms with E-state index in [1.807, 2.05) is 0 Å². The highest BCUT2D eigenvalue weighted by atomic mass is 14.8. The monoisotopic (exact) mass is 255 g/mol. The number of fused-ring (bicyclic) bond motifs is 2. The molecule has 2 aliphatic rings. The van der Waals surface area contributed by atoms with Crippen molar-refractivity contribution in [2.45, 2.75) is 53.4 Å². The van der Waals surface area contributed by atoms with Crippen LogP contribution in [0.5, 0.6) is 0 Å². The summed E-state index contributed by atoms with van der Waals surface area (Å²) in [4.78, 5) is 5.10. The smallest absolute Gasteiger partial charge is 0.0661 e. The lowest BCUT2D eigenvalue weighted by Crippen LogP contribution is -2.32. The van der Waals surface area contributed by atoms with Crippen molar-refractivity contribution in [1.82, 2.24) is 0 Å². The Morgan fingerprint density at radius 3 is 2.53 bits per heavy atom. The summed E-state index contributed by atoms with van der Waals surface area (Å²) in [6, 6.07) is 8.61. The fraction of sp³-hybridized carbons (Fsp3) is 0.611. The summed E-state index contributed by atoms with van der Waals surface area (Å²) in [7, 11) is 0. The third kappa shape index (κ3) is 1.70. The van der Waals surface area contributed by atoms with E-state index in [2.05, 4.69) is 52.0 Å². The van der Waals surface area contributed by atoms with Crippen LogP contribution in [0.2, 0.25) is 0 Å². The maximum atomic E-state index is 5.10. The van der Waals surface area contributed by atoms with Gasteiger partial charge in [0.15, 0.2) is 0 Å². The van der Waals surface area contributed by atoms with Gasteiger partial charge in [0.05, 0.1) is 5.69 Å². The first-order valence-corrected chi connectivity index (χ1v) is 7.65. The molecular formula is C18H25N. The predicted molar refractivity (Wildman–Crippen MR) is 82.1 cm³/mol. The summed E-state index contributed by atoms with van der Waals surface area (Å²) in [5.41, 5.74) is 4.77. The molecule has 1 unspecified atom stereocenters. The average molecular weight is 255 g/mol. The van der Waals surface area contributed by atoms with Gasteiger partial charge in [-0.15, -0.1) is 0 Å². The van der Waals surface area contributed by atoms with Gasteiger partial charge in [0, 0.05) is 11.1 Å². The molecule has 0 N–H and O–H groups in total. The number of rotatable bonds is 2. The number of aliphatic imine (C=N–C) groups is 1. The highest BCUT2D eigenvalue weighted by Crippen LogP contribution is 2.64. The lowest BCUT2D eigenvalue weighted by molar-refractivity contribution is 0.194. The molecule has 19 heavy (non-hydrogen) atoms. The highest BCUT2D eigenvalue weighted by molar-refractivity contribution is 5.96. The van der Waals surface area contributed by atoms with Crippen LogP contribution < -0.4 is 0 Å². The Kier molecular flexibility index (Phi) is 2.85. The van der Waals surface area contributed by atoms with Gasteiger partial charge in [0.1, 0.15) is 0 Å². The fourth-order valence-electron chi connectivity index (χ4n) is 4.16. The molecule has 2 bridgehead atoms. The van der Waals surface area contributed by atoms with Crippen molar-refractivity contribution in [3.05, 3.63) is 29.8 Å². The van der Waals surface area contributed by atoms with E-state index in [0.29, 0.717) is 10.8 Å². The molecule has 0 aromatic heterocycles. The largest absolute Gasteiger partial charge is 0.257 e. The quantitative estimate of drug-likeness (QED) is 0.691. The van der Waals surface area contributed by atoms with E-state index in [0.717, 1.165) is 12.3 Å². The molecule has 1 heteroatoms. The van der Waals surface area contributed by atoms with E-state index in [9.17, 15) is 0 Å². The second kappa shape index (κ2) is 4.19. The highest BCUT2D eigenvalue weighted by Gasteiger charge is 2.59. The number of benzene rings is 1. The van der Waals surface area contributed by atoms with Crippen LogP contribution in [0, 0.1) is 16.7 Å². The molecule has 0 heterocycles. The molecule has 0 aliphatic heterocycles. The number of hydrogen-bond donors (Lipinski definition) is 0. The maximum Gasteiger partial charge on any atom is 0.0661 e. The van der Waals surface area contributed by atoms with Crippen LogP contribution >= 0.6 is 0 Å². The molecule has 1 aromatic rings. The third-order valence-corrected chi connectivity index (χ3v) is 6.14.